The first-order valence-corrected chi connectivity index (χ1v) is 4.65. The van der Waals surface area contributed by atoms with E-state index >= 15 is 0 Å². The van der Waals surface area contributed by atoms with E-state index in [1.807, 2.05) is 18.2 Å². The van der Waals surface area contributed by atoms with Crippen LogP contribution in [0.25, 0.3) is 0 Å². The van der Waals surface area contributed by atoms with Gasteiger partial charge in [0.25, 0.3) is 0 Å². The lowest BCUT2D eigenvalue weighted by atomic mass is 10.1. The van der Waals surface area contributed by atoms with Gasteiger partial charge < -0.3 is 0 Å². The number of unbranched alkanes of at least 4 members (excludes halogenated alkanes) is 2. The van der Waals surface area contributed by atoms with Crippen LogP contribution < -0.4 is 0 Å². The number of aryl methyl sites for hydroxylation is 1. The maximum Gasteiger partial charge on any atom is 0.0991 e. The third kappa shape index (κ3) is 3.29. The number of nitrogens with zero attached hydrogens (tertiary/aromatic N) is 1. The fourth-order valence-corrected chi connectivity index (χ4v) is 1.30. The Labute approximate surface area is 80.0 Å². The summed E-state index contributed by atoms with van der Waals surface area (Å²) in [7, 11) is 0. The molecule has 1 rings (SSSR count). The zero-order valence-electron chi connectivity index (χ0n) is 7.79. The molecule has 1 heteroatoms. The minimum atomic E-state index is 0.757. The minimum absolute atomic E-state index is 0.757. The van der Waals surface area contributed by atoms with Gasteiger partial charge in [-0.1, -0.05) is 31.9 Å². The molecule has 0 aliphatic rings. The summed E-state index contributed by atoms with van der Waals surface area (Å²) >= 11 is 0. The van der Waals surface area contributed by atoms with E-state index in [1.54, 1.807) is 0 Å². The molecule has 0 saturated carbocycles. The molecule has 0 aromatic heterocycles. The average Bonchev–Trinajstić information content (AvgIpc) is 2.19. The van der Waals surface area contributed by atoms with Crippen molar-refractivity contribution in [1.29, 1.82) is 5.26 Å². The fraction of sp³-hybridized carbons (Fsp3) is 0.333. The Morgan fingerprint density at radius 1 is 1.31 bits per heavy atom. The Morgan fingerprint density at radius 2 is 2.15 bits per heavy atom. The molecular weight excluding hydrogens is 158 g/mol. The number of rotatable bonds is 4. The molecule has 1 aromatic carbocycles. The Morgan fingerprint density at radius 3 is 2.85 bits per heavy atom. The molecule has 0 spiro atoms. The maximum atomic E-state index is 8.67. The van der Waals surface area contributed by atoms with Crippen molar-refractivity contribution in [2.24, 2.45) is 0 Å². The third-order valence-electron chi connectivity index (χ3n) is 2.02. The van der Waals surface area contributed by atoms with Crippen LogP contribution >= 0.6 is 0 Å². The van der Waals surface area contributed by atoms with Crippen molar-refractivity contribution in [1.82, 2.24) is 0 Å². The van der Waals surface area contributed by atoms with E-state index < -0.39 is 0 Å². The molecule has 0 atom stereocenters. The highest BCUT2D eigenvalue weighted by Crippen LogP contribution is 2.08. The summed E-state index contributed by atoms with van der Waals surface area (Å²) in [5.74, 6) is 0. The predicted molar refractivity (Wildman–Crippen MR) is 54.1 cm³/mol. The lowest BCUT2D eigenvalue weighted by Crippen LogP contribution is -1.86. The highest BCUT2D eigenvalue weighted by atomic mass is 14.2. The van der Waals surface area contributed by atoms with Crippen molar-refractivity contribution in [3.05, 3.63) is 42.3 Å². The highest BCUT2D eigenvalue weighted by molar-refractivity contribution is 5.32. The molecule has 0 unspecified atom stereocenters. The smallest absolute Gasteiger partial charge is 0.0991 e. The summed E-state index contributed by atoms with van der Waals surface area (Å²) in [4.78, 5) is 0. The predicted octanol–water partition coefficient (Wildman–Crippen LogP) is 3.11. The van der Waals surface area contributed by atoms with Gasteiger partial charge in [0.2, 0.25) is 0 Å². The average molecular weight is 172 g/mol. The molecule has 0 aliphatic heterocycles. The van der Waals surface area contributed by atoms with Gasteiger partial charge in [-0.05, 0) is 30.5 Å². The maximum absolute atomic E-state index is 8.67. The molecule has 1 nitrogen and oxygen atoms in total. The standard InChI is InChI=1S/C12H14N/c1-2-3-4-6-11-7-5-8-12(9-11)10-13/h5,7-9H,1-4,6H2. The molecule has 0 heterocycles. The molecule has 0 N–H and O–H groups in total. The van der Waals surface area contributed by atoms with E-state index in [-0.39, 0.29) is 0 Å². The lowest BCUT2D eigenvalue weighted by molar-refractivity contribution is 0.746. The molecule has 67 valence electrons. The van der Waals surface area contributed by atoms with Crippen LogP contribution in [0.3, 0.4) is 0 Å². The summed E-state index contributed by atoms with van der Waals surface area (Å²) < 4.78 is 0. The van der Waals surface area contributed by atoms with Gasteiger partial charge in [0.05, 0.1) is 11.6 Å². The van der Waals surface area contributed by atoms with Gasteiger partial charge in [-0.15, -0.1) is 0 Å². The fourth-order valence-electron chi connectivity index (χ4n) is 1.30. The summed E-state index contributed by atoms with van der Waals surface area (Å²) in [5.41, 5.74) is 2.01. The zero-order valence-corrected chi connectivity index (χ0v) is 7.79. The minimum Gasteiger partial charge on any atom is -0.192 e. The number of hydrogen-bond donors (Lipinski definition) is 0. The van der Waals surface area contributed by atoms with Crippen LogP contribution in [0.5, 0.6) is 0 Å². The first kappa shape index (κ1) is 9.80. The quantitative estimate of drug-likeness (QED) is 0.640. The van der Waals surface area contributed by atoms with E-state index in [1.165, 1.54) is 12.0 Å². The van der Waals surface area contributed by atoms with E-state index in [2.05, 4.69) is 19.1 Å². The van der Waals surface area contributed by atoms with Gasteiger partial charge in [0.1, 0.15) is 0 Å². The van der Waals surface area contributed by atoms with Crippen molar-refractivity contribution in [3.8, 4) is 6.07 Å². The normalized spacial score (nSPS) is 9.54. The summed E-state index contributed by atoms with van der Waals surface area (Å²) in [6, 6.07) is 9.96. The summed E-state index contributed by atoms with van der Waals surface area (Å²) in [6.45, 7) is 3.80. The Kier molecular flexibility index (Phi) is 4.05. The topological polar surface area (TPSA) is 23.8 Å². The van der Waals surface area contributed by atoms with Crippen LogP contribution in [0, 0.1) is 18.3 Å². The van der Waals surface area contributed by atoms with E-state index in [0.717, 1.165) is 24.8 Å². The van der Waals surface area contributed by atoms with Crippen molar-refractivity contribution >= 4 is 0 Å². The molecule has 0 aliphatic carbocycles. The second-order valence-electron chi connectivity index (χ2n) is 3.12. The second-order valence-corrected chi connectivity index (χ2v) is 3.12. The Hall–Kier alpha value is -1.29. The molecule has 0 saturated heterocycles. The van der Waals surface area contributed by atoms with Crippen molar-refractivity contribution in [2.45, 2.75) is 25.7 Å². The van der Waals surface area contributed by atoms with Gasteiger partial charge in [-0.3, -0.25) is 0 Å². The van der Waals surface area contributed by atoms with Crippen molar-refractivity contribution in [3.63, 3.8) is 0 Å². The van der Waals surface area contributed by atoms with Gasteiger partial charge in [-0.2, -0.15) is 5.26 Å². The van der Waals surface area contributed by atoms with Crippen molar-refractivity contribution < 1.29 is 0 Å². The third-order valence-corrected chi connectivity index (χ3v) is 2.02. The molecule has 0 fully saturated rings. The monoisotopic (exact) mass is 172 g/mol. The van der Waals surface area contributed by atoms with Crippen LogP contribution in [0.2, 0.25) is 0 Å². The Bertz CT molecular complexity index is 296. The largest absolute Gasteiger partial charge is 0.192 e. The zero-order chi connectivity index (χ0) is 9.52. The van der Waals surface area contributed by atoms with E-state index in [0.29, 0.717) is 0 Å². The molecular formula is C12H14N. The van der Waals surface area contributed by atoms with Crippen LogP contribution in [0.15, 0.2) is 24.3 Å². The Balaban J connectivity index is 2.52. The highest BCUT2D eigenvalue weighted by Gasteiger charge is 1.94. The molecule has 1 aromatic rings. The van der Waals surface area contributed by atoms with E-state index in [4.69, 9.17) is 5.26 Å². The molecule has 0 bridgehead atoms. The SMILES string of the molecule is [CH2]CCCCc1cccc(C#N)c1. The van der Waals surface area contributed by atoms with Crippen LogP contribution in [0.1, 0.15) is 30.4 Å². The van der Waals surface area contributed by atoms with Gasteiger partial charge in [0, 0.05) is 0 Å². The van der Waals surface area contributed by atoms with Crippen molar-refractivity contribution in [2.75, 3.05) is 0 Å². The molecule has 0 amide bonds. The van der Waals surface area contributed by atoms with Gasteiger partial charge in [-0.25, -0.2) is 0 Å². The first-order valence-electron chi connectivity index (χ1n) is 4.65. The van der Waals surface area contributed by atoms with Gasteiger partial charge in [0.15, 0.2) is 0 Å². The lowest BCUT2D eigenvalue weighted by Gasteiger charge is -1.99. The second kappa shape index (κ2) is 5.37. The van der Waals surface area contributed by atoms with Crippen LogP contribution in [0.4, 0.5) is 0 Å². The summed E-state index contributed by atoms with van der Waals surface area (Å²) in [5, 5.41) is 8.67. The number of hydrogen-bond acceptors (Lipinski definition) is 1. The van der Waals surface area contributed by atoms with Crippen LogP contribution in [-0.4, -0.2) is 0 Å². The molecule has 13 heavy (non-hydrogen) atoms. The van der Waals surface area contributed by atoms with Crippen LogP contribution in [-0.2, 0) is 6.42 Å². The first-order chi connectivity index (χ1) is 6.36. The summed E-state index contributed by atoms with van der Waals surface area (Å²) in [6.07, 6.45) is 4.39. The number of benzene rings is 1. The van der Waals surface area contributed by atoms with E-state index in [9.17, 15) is 0 Å². The van der Waals surface area contributed by atoms with Gasteiger partial charge >= 0.3 is 0 Å². The molecule has 1 radical (unpaired) electrons. The number of nitriles is 1.